The molecule has 2 heterocycles. The molecule has 4 fully saturated rings. The summed E-state index contributed by atoms with van der Waals surface area (Å²) in [6.45, 7) is 5.81. The zero-order valence-electron chi connectivity index (χ0n) is 36.3. The molecule has 64 heavy (non-hydrogen) atoms. The quantitative estimate of drug-likeness (QED) is 0.197. The van der Waals surface area contributed by atoms with E-state index in [0.29, 0.717) is 42.5 Å². The zero-order chi connectivity index (χ0) is 45.9. The van der Waals surface area contributed by atoms with E-state index in [1.165, 1.54) is 19.1 Å². The van der Waals surface area contributed by atoms with Crippen LogP contribution in [0.2, 0.25) is 0 Å². The van der Waals surface area contributed by atoms with Crippen LogP contribution in [0.25, 0.3) is 0 Å². The Morgan fingerprint density at radius 1 is 0.969 bits per heavy atom. The summed E-state index contributed by atoms with van der Waals surface area (Å²) < 4.78 is 30.9. The topological polar surface area (TPSA) is 206 Å². The van der Waals surface area contributed by atoms with Gasteiger partial charge in [0.1, 0.15) is 6.61 Å². The number of ether oxygens (including phenoxy) is 2. The van der Waals surface area contributed by atoms with Crippen molar-refractivity contribution in [3.8, 4) is 0 Å². The maximum Gasteiger partial charge on any atom is 0.253 e. The summed E-state index contributed by atoms with van der Waals surface area (Å²) in [5.41, 5.74) is -2.33. The van der Waals surface area contributed by atoms with Gasteiger partial charge in [-0.2, -0.15) is 0 Å². The summed E-state index contributed by atoms with van der Waals surface area (Å²) >= 11 is 0. The van der Waals surface area contributed by atoms with E-state index in [1.807, 2.05) is 49.4 Å². The molecule has 2 aromatic rings. The molecule has 2 aromatic carbocycles. The first kappa shape index (κ1) is 45.1. The fraction of sp³-hybridized carbons (Fsp3) is 0.490. The summed E-state index contributed by atoms with van der Waals surface area (Å²) in [5, 5.41) is 27.6. The first-order chi connectivity index (χ1) is 30.3. The van der Waals surface area contributed by atoms with Gasteiger partial charge in [-0.3, -0.25) is 38.5 Å². The SMILES string of the molecule is C[C@H](CC(=O)[C@H](C)NC(=O)CCN1C(=O)C=CC1=O)C(=O)Nc1cccc(Cc2ccc(C3O[C@@H]4C[C@H]5[C@@H]6CCC7=CC(=O)C=C[C@]7(C)[C@@]6(F)[C@@H](O)C[C@]5(C)[C@]4(C(=O)CO)O3)cc2)c1. The first-order valence-corrected chi connectivity index (χ1v) is 22.0. The number of aliphatic hydroxyl groups is 2. The van der Waals surface area contributed by atoms with Gasteiger partial charge in [-0.05, 0) is 87.3 Å². The Bertz CT molecular complexity index is 2380. The van der Waals surface area contributed by atoms with Crippen molar-refractivity contribution in [1.82, 2.24) is 10.2 Å². The van der Waals surface area contributed by atoms with Crippen LogP contribution in [0.5, 0.6) is 0 Å². The Kier molecular flexibility index (Phi) is 11.9. The molecular formula is C49H54FN3O11. The number of nitrogens with zero attached hydrogens (tertiary/aromatic N) is 1. The third-order valence-corrected chi connectivity index (χ3v) is 15.1. The van der Waals surface area contributed by atoms with E-state index in [4.69, 9.17) is 9.47 Å². The van der Waals surface area contributed by atoms with Gasteiger partial charge in [0.25, 0.3) is 11.8 Å². The van der Waals surface area contributed by atoms with Gasteiger partial charge in [0.15, 0.2) is 34.9 Å². The smallest absolute Gasteiger partial charge is 0.253 e. The van der Waals surface area contributed by atoms with Crippen molar-refractivity contribution in [2.24, 2.45) is 28.6 Å². The third kappa shape index (κ3) is 7.39. The number of aliphatic hydroxyl groups excluding tert-OH is 2. The molecule has 0 aromatic heterocycles. The molecule has 3 saturated carbocycles. The van der Waals surface area contributed by atoms with E-state index < -0.39 is 94.5 Å². The van der Waals surface area contributed by atoms with E-state index in [0.717, 1.165) is 28.2 Å². The molecule has 1 saturated heterocycles. The second-order valence-corrected chi connectivity index (χ2v) is 18.8. The number of carbonyl (C=O) groups is 7. The number of imide groups is 1. The maximum atomic E-state index is 17.7. The van der Waals surface area contributed by atoms with Gasteiger partial charge >= 0.3 is 0 Å². The molecule has 14 nitrogen and oxygen atoms in total. The number of halogens is 1. The van der Waals surface area contributed by atoms with Crippen molar-refractivity contribution in [3.63, 3.8) is 0 Å². The number of hydrogen-bond donors (Lipinski definition) is 4. The largest absolute Gasteiger partial charge is 0.390 e. The Morgan fingerprint density at radius 3 is 2.39 bits per heavy atom. The predicted molar refractivity (Wildman–Crippen MR) is 228 cm³/mol. The molecule has 2 aliphatic heterocycles. The van der Waals surface area contributed by atoms with Crippen LogP contribution in [0, 0.1) is 28.6 Å². The van der Waals surface area contributed by atoms with Crippen molar-refractivity contribution < 1.29 is 57.6 Å². The molecular weight excluding hydrogens is 826 g/mol. The highest BCUT2D eigenvalue weighted by molar-refractivity contribution is 6.13. The minimum absolute atomic E-state index is 0.101. The lowest BCUT2D eigenvalue weighted by Gasteiger charge is -2.62. The van der Waals surface area contributed by atoms with E-state index >= 15 is 4.39 Å². The number of allylic oxidation sites excluding steroid dienone is 4. The van der Waals surface area contributed by atoms with Crippen LogP contribution in [-0.4, -0.2) is 98.8 Å². The summed E-state index contributed by atoms with van der Waals surface area (Å²) in [4.78, 5) is 89.0. The fourth-order valence-electron chi connectivity index (χ4n) is 11.6. The molecule has 0 radical (unpaired) electrons. The molecule has 4 amide bonds. The lowest BCUT2D eigenvalue weighted by Crippen LogP contribution is -2.69. The molecule has 338 valence electrons. The van der Waals surface area contributed by atoms with Crippen LogP contribution in [0.3, 0.4) is 0 Å². The number of amides is 4. The number of hydrogen-bond acceptors (Lipinski definition) is 11. The zero-order valence-corrected chi connectivity index (χ0v) is 36.3. The van der Waals surface area contributed by atoms with Gasteiger partial charge in [-0.1, -0.05) is 61.9 Å². The van der Waals surface area contributed by atoms with E-state index in [-0.39, 0.29) is 43.3 Å². The number of benzene rings is 2. The molecule has 4 aliphatic carbocycles. The Balaban J connectivity index is 0.879. The van der Waals surface area contributed by atoms with Gasteiger partial charge < -0.3 is 30.3 Å². The van der Waals surface area contributed by atoms with Crippen LogP contribution in [0.1, 0.15) is 89.2 Å². The highest BCUT2D eigenvalue weighted by Gasteiger charge is 2.79. The van der Waals surface area contributed by atoms with Crippen molar-refractivity contribution in [2.45, 2.75) is 108 Å². The molecule has 0 bridgehead atoms. The van der Waals surface area contributed by atoms with Crippen LogP contribution in [-0.2, 0) is 49.5 Å². The Labute approximate surface area is 370 Å². The number of alkyl halides is 1. The monoisotopic (exact) mass is 879 g/mol. The average Bonchev–Trinajstić information content (AvgIpc) is 3.88. The van der Waals surface area contributed by atoms with Crippen LogP contribution in [0.15, 0.2) is 84.5 Å². The van der Waals surface area contributed by atoms with Crippen LogP contribution in [0.4, 0.5) is 10.1 Å². The number of carbonyl (C=O) groups excluding carboxylic acids is 7. The lowest BCUT2D eigenvalue weighted by atomic mass is 9.44. The molecule has 4 N–H and O–H groups in total. The Hall–Kier alpha value is -5.48. The second kappa shape index (κ2) is 16.8. The van der Waals surface area contributed by atoms with Gasteiger partial charge in [-0.25, -0.2) is 4.39 Å². The molecule has 0 spiro atoms. The molecule has 15 heteroatoms. The number of anilines is 1. The summed E-state index contributed by atoms with van der Waals surface area (Å²) in [6, 6.07) is 13.9. The highest BCUT2D eigenvalue weighted by Crippen LogP contribution is 2.72. The third-order valence-electron chi connectivity index (χ3n) is 15.1. The minimum Gasteiger partial charge on any atom is -0.390 e. The molecule has 1 unspecified atom stereocenters. The van der Waals surface area contributed by atoms with Crippen molar-refractivity contribution in [2.75, 3.05) is 18.5 Å². The van der Waals surface area contributed by atoms with Gasteiger partial charge in [0.2, 0.25) is 11.8 Å². The standard InChI is InChI=1S/C49H54FN3O11/c1-27(20-37(56)28(2)51-41(59)17-19-53-42(60)14-15-43(53)61)44(62)52-33-7-5-6-30(22-33)21-29-8-10-31(11-9-29)45-63-40-24-36-35-13-12-32-23-34(55)16-18-46(32,3)48(35,50)38(57)25-47(36,4)49(40,64-45)39(58)26-54/h5-11,14-16,18,22-23,27-28,35-36,38,40,45,54,57H,12-13,17,19-21,24-26H2,1-4H3,(H,51,59)(H,52,62)/t27-,28+,35+,36+,38+,40-,45?,46+,47+,48+,49-/m1/s1. The number of Topliss-reactive ketones (excluding diaryl/α,β-unsaturated/α-hetero) is 2. The number of rotatable bonds is 14. The first-order valence-electron chi connectivity index (χ1n) is 22.0. The average molecular weight is 880 g/mol. The van der Waals surface area contributed by atoms with E-state index in [1.54, 1.807) is 26.0 Å². The van der Waals surface area contributed by atoms with E-state index in [9.17, 15) is 43.8 Å². The van der Waals surface area contributed by atoms with Gasteiger partial charge in [0.05, 0.1) is 18.2 Å². The fourth-order valence-corrected chi connectivity index (χ4v) is 11.6. The molecule has 8 rings (SSSR count). The summed E-state index contributed by atoms with van der Waals surface area (Å²) in [7, 11) is 0. The second-order valence-electron chi connectivity index (χ2n) is 18.8. The van der Waals surface area contributed by atoms with Crippen molar-refractivity contribution >= 4 is 46.7 Å². The van der Waals surface area contributed by atoms with Crippen LogP contribution < -0.4 is 10.6 Å². The maximum absolute atomic E-state index is 17.7. The lowest BCUT2D eigenvalue weighted by molar-refractivity contribution is -0.231. The van der Waals surface area contributed by atoms with Crippen molar-refractivity contribution in [3.05, 3.63) is 101 Å². The van der Waals surface area contributed by atoms with Gasteiger partial charge in [-0.15, -0.1) is 0 Å². The normalized spacial score (nSPS) is 33.4. The van der Waals surface area contributed by atoms with Gasteiger partial charge in [0, 0.05) is 65.5 Å². The van der Waals surface area contributed by atoms with Crippen molar-refractivity contribution in [1.29, 1.82) is 0 Å². The summed E-state index contributed by atoms with van der Waals surface area (Å²) in [5.74, 6) is -4.78. The number of nitrogens with one attached hydrogen (secondary N) is 2. The van der Waals surface area contributed by atoms with E-state index in [2.05, 4.69) is 10.6 Å². The minimum atomic E-state index is -2.09. The molecule has 11 atom stereocenters. The number of ketones is 3. The summed E-state index contributed by atoms with van der Waals surface area (Å²) in [6.07, 6.45) is 4.72. The molecule has 6 aliphatic rings. The predicted octanol–water partition coefficient (Wildman–Crippen LogP) is 4.33. The highest BCUT2D eigenvalue weighted by atomic mass is 19.1. The number of fused-ring (bicyclic) bond motifs is 7. The Morgan fingerprint density at radius 2 is 1.69 bits per heavy atom. The van der Waals surface area contributed by atoms with Crippen LogP contribution >= 0.6 is 0 Å².